The molecule has 4 nitrogen and oxygen atoms in total. The van der Waals surface area contributed by atoms with E-state index < -0.39 is 12.8 Å². The van der Waals surface area contributed by atoms with Crippen molar-refractivity contribution in [2.45, 2.75) is 19.3 Å². The van der Waals surface area contributed by atoms with Gasteiger partial charge in [0.2, 0.25) is 0 Å². The lowest BCUT2D eigenvalue weighted by molar-refractivity contribution is -0.176. The number of hydrogen-bond acceptors (Lipinski definition) is 3. The molecule has 0 heterocycles. The SMILES string of the molecule is C=CCSCCNC(=NC)NCc1ccc(COCC(F)(F)F)cc1.I. The molecule has 0 aromatic heterocycles. The predicted molar refractivity (Wildman–Crippen MR) is 113 cm³/mol. The Balaban J connectivity index is 0.00000625. The van der Waals surface area contributed by atoms with Crippen LogP contribution in [-0.4, -0.2) is 43.8 Å². The number of ether oxygens (including phenoxy) is 1. The van der Waals surface area contributed by atoms with E-state index in [0.717, 1.165) is 23.6 Å². The van der Waals surface area contributed by atoms with Crippen LogP contribution in [0, 0.1) is 0 Å². The van der Waals surface area contributed by atoms with Gasteiger partial charge in [-0.1, -0.05) is 30.3 Å². The summed E-state index contributed by atoms with van der Waals surface area (Å²) in [5.41, 5.74) is 1.71. The maximum atomic E-state index is 12.0. The first-order valence-corrected chi connectivity index (χ1v) is 8.95. The van der Waals surface area contributed by atoms with Crippen molar-refractivity contribution >= 4 is 41.7 Å². The normalized spacial score (nSPS) is 11.6. The van der Waals surface area contributed by atoms with E-state index in [0.29, 0.717) is 18.1 Å². The molecule has 0 unspecified atom stereocenters. The van der Waals surface area contributed by atoms with Crippen LogP contribution in [0.5, 0.6) is 0 Å². The third-order valence-electron chi connectivity index (χ3n) is 3.02. The molecule has 1 aromatic carbocycles. The van der Waals surface area contributed by atoms with E-state index in [1.807, 2.05) is 18.2 Å². The minimum atomic E-state index is -4.29. The Morgan fingerprint density at radius 1 is 1.23 bits per heavy atom. The molecule has 0 radical (unpaired) electrons. The molecule has 0 aliphatic rings. The number of nitrogens with zero attached hydrogens (tertiary/aromatic N) is 1. The molecule has 0 fully saturated rings. The second kappa shape index (κ2) is 14.2. The first-order valence-electron chi connectivity index (χ1n) is 7.80. The van der Waals surface area contributed by atoms with Gasteiger partial charge in [0, 0.05) is 31.6 Å². The van der Waals surface area contributed by atoms with Crippen molar-refractivity contribution in [3.8, 4) is 0 Å². The highest BCUT2D eigenvalue weighted by molar-refractivity contribution is 14.0. The van der Waals surface area contributed by atoms with E-state index in [9.17, 15) is 13.2 Å². The Kier molecular flexibility index (Phi) is 13.6. The monoisotopic (exact) mass is 503 g/mol. The van der Waals surface area contributed by atoms with Gasteiger partial charge in [-0.3, -0.25) is 4.99 Å². The summed E-state index contributed by atoms with van der Waals surface area (Å²) in [5.74, 6) is 2.59. The van der Waals surface area contributed by atoms with Crippen molar-refractivity contribution in [3.05, 3.63) is 48.0 Å². The molecule has 148 valence electrons. The zero-order valence-corrected chi connectivity index (χ0v) is 17.8. The van der Waals surface area contributed by atoms with Crippen molar-refractivity contribution in [2.75, 3.05) is 31.7 Å². The molecule has 9 heteroatoms. The fourth-order valence-corrected chi connectivity index (χ4v) is 2.43. The van der Waals surface area contributed by atoms with Gasteiger partial charge in [0.15, 0.2) is 5.96 Å². The Hall–Kier alpha value is -0.940. The maximum absolute atomic E-state index is 12.0. The zero-order chi connectivity index (χ0) is 18.5. The van der Waals surface area contributed by atoms with Gasteiger partial charge in [0.25, 0.3) is 0 Å². The van der Waals surface area contributed by atoms with Gasteiger partial charge in [0.05, 0.1) is 6.61 Å². The minimum Gasteiger partial charge on any atom is -0.367 e. The van der Waals surface area contributed by atoms with Crippen molar-refractivity contribution in [2.24, 2.45) is 4.99 Å². The highest BCUT2D eigenvalue weighted by Crippen LogP contribution is 2.15. The van der Waals surface area contributed by atoms with Crippen LogP contribution in [0.1, 0.15) is 11.1 Å². The topological polar surface area (TPSA) is 45.7 Å². The average molecular weight is 503 g/mol. The first-order chi connectivity index (χ1) is 11.9. The van der Waals surface area contributed by atoms with E-state index in [1.165, 1.54) is 0 Å². The summed E-state index contributed by atoms with van der Waals surface area (Å²) in [6.07, 6.45) is -2.42. The number of rotatable bonds is 10. The molecule has 0 saturated carbocycles. The van der Waals surface area contributed by atoms with Crippen LogP contribution < -0.4 is 10.6 Å². The van der Waals surface area contributed by atoms with Gasteiger partial charge in [-0.2, -0.15) is 24.9 Å². The number of halogens is 4. The number of guanidine groups is 1. The van der Waals surface area contributed by atoms with Gasteiger partial charge < -0.3 is 15.4 Å². The molecule has 0 bridgehead atoms. The van der Waals surface area contributed by atoms with Gasteiger partial charge in [-0.15, -0.1) is 30.6 Å². The third-order valence-corrected chi connectivity index (χ3v) is 3.98. The molecule has 0 aliphatic heterocycles. The lowest BCUT2D eigenvalue weighted by Crippen LogP contribution is -2.37. The van der Waals surface area contributed by atoms with E-state index >= 15 is 0 Å². The van der Waals surface area contributed by atoms with E-state index in [4.69, 9.17) is 0 Å². The molecule has 0 aliphatic carbocycles. The Morgan fingerprint density at radius 2 is 1.88 bits per heavy atom. The summed E-state index contributed by atoms with van der Waals surface area (Å²) in [7, 11) is 1.70. The van der Waals surface area contributed by atoms with E-state index in [1.54, 1.807) is 30.9 Å². The van der Waals surface area contributed by atoms with Crippen molar-refractivity contribution < 1.29 is 17.9 Å². The maximum Gasteiger partial charge on any atom is 0.411 e. The van der Waals surface area contributed by atoms with E-state index in [-0.39, 0.29) is 30.6 Å². The molecule has 0 amide bonds. The van der Waals surface area contributed by atoms with Crippen LogP contribution in [0.15, 0.2) is 41.9 Å². The lowest BCUT2D eigenvalue weighted by Gasteiger charge is -2.12. The van der Waals surface area contributed by atoms with Gasteiger partial charge in [0.1, 0.15) is 6.61 Å². The standard InChI is InChI=1S/C17H24F3N3OS.HI/c1-3-9-25-10-8-22-16(21-2)23-11-14-4-6-15(7-5-14)12-24-13-17(18,19)20;/h3-7H,1,8-13H2,2H3,(H2,21,22,23);1H. The lowest BCUT2D eigenvalue weighted by atomic mass is 10.1. The second-order valence-electron chi connectivity index (χ2n) is 5.14. The molecule has 0 spiro atoms. The quantitative estimate of drug-likeness (QED) is 0.167. The Bertz CT molecular complexity index is 539. The van der Waals surface area contributed by atoms with Crippen LogP contribution in [0.25, 0.3) is 0 Å². The summed E-state index contributed by atoms with van der Waals surface area (Å²) in [4.78, 5) is 4.14. The minimum absolute atomic E-state index is 0. The molecule has 26 heavy (non-hydrogen) atoms. The molecule has 1 rings (SSSR count). The van der Waals surface area contributed by atoms with Crippen molar-refractivity contribution in [3.63, 3.8) is 0 Å². The Labute approximate surface area is 174 Å². The number of aliphatic imine (C=N–C) groups is 1. The number of alkyl halides is 3. The summed E-state index contributed by atoms with van der Waals surface area (Å²) in [5, 5.41) is 6.40. The highest BCUT2D eigenvalue weighted by Gasteiger charge is 2.27. The summed E-state index contributed by atoms with van der Waals surface area (Å²) < 4.78 is 40.7. The van der Waals surface area contributed by atoms with Gasteiger partial charge in [-0.05, 0) is 11.1 Å². The third kappa shape index (κ3) is 12.4. The van der Waals surface area contributed by atoms with Gasteiger partial charge >= 0.3 is 6.18 Å². The van der Waals surface area contributed by atoms with E-state index in [2.05, 4.69) is 26.9 Å². The average Bonchev–Trinajstić information content (AvgIpc) is 2.57. The van der Waals surface area contributed by atoms with Crippen LogP contribution in [-0.2, 0) is 17.9 Å². The second-order valence-corrected chi connectivity index (χ2v) is 6.29. The molecule has 2 N–H and O–H groups in total. The summed E-state index contributed by atoms with van der Waals surface area (Å²) >= 11 is 1.78. The molecule has 0 atom stereocenters. The highest BCUT2D eigenvalue weighted by atomic mass is 127. The van der Waals surface area contributed by atoms with Crippen molar-refractivity contribution in [1.82, 2.24) is 10.6 Å². The molecule has 0 saturated heterocycles. The first kappa shape index (κ1) is 25.1. The number of hydrogen-bond donors (Lipinski definition) is 2. The predicted octanol–water partition coefficient (Wildman–Crippen LogP) is 3.97. The number of nitrogens with one attached hydrogen (secondary N) is 2. The summed E-state index contributed by atoms with van der Waals surface area (Å²) in [6.45, 7) is 3.75. The van der Waals surface area contributed by atoms with Gasteiger partial charge in [-0.25, -0.2) is 0 Å². The smallest absolute Gasteiger partial charge is 0.367 e. The largest absolute Gasteiger partial charge is 0.411 e. The Morgan fingerprint density at radius 3 is 2.46 bits per heavy atom. The number of thioether (sulfide) groups is 1. The fourth-order valence-electron chi connectivity index (χ4n) is 1.85. The van der Waals surface area contributed by atoms with Crippen LogP contribution in [0.4, 0.5) is 13.2 Å². The van der Waals surface area contributed by atoms with Crippen molar-refractivity contribution in [1.29, 1.82) is 0 Å². The summed E-state index contributed by atoms with van der Waals surface area (Å²) in [6, 6.07) is 7.23. The molecular formula is C17H25F3IN3OS. The zero-order valence-electron chi connectivity index (χ0n) is 14.6. The fraction of sp³-hybridized carbons (Fsp3) is 0.471. The van der Waals surface area contributed by atoms with Crippen LogP contribution in [0.2, 0.25) is 0 Å². The number of benzene rings is 1. The molecule has 1 aromatic rings. The molecular weight excluding hydrogens is 478 g/mol. The van der Waals surface area contributed by atoms with Crippen LogP contribution in [0.3, 0.4) is 0 Å². The van der Waals surface area contributed by atoms with Crippen LogP contribution >= 0.6 is 35.7 Å².